The average Bonchev–Trinajstić information content (AvgIpc) is 3.83. The van der Waals surface area contributed by atoms with E-state index in [4.69, 9.17) is 13.9 Å². The maximum absolute atomic E-state index is 14.9. The van der Waals surface area contributed by atoms with Crippen LogP contribution in [0.1, 0.15) is 33.8 Å². The van der Waals surface area contributed by atoms with Gasteiger partial charge in [0.15, 0.2) is 5.78 Å². The zero-order chi connectivity index (χ0) is 46.6. The Balaban J connectivity index is 0.000000215. The third kappa shape index (κ3) is 12.2. The van der Waals surface area contributed by atoms with Crippen molar-refractivity contribution in [3.63, 3.8) is 0 Å². The molecule has 1 N–H and O–H groups in total. The summed E-state index contributed by atoms with van der Waals surface area (Å²) in [5.41, 5.74) is -0.558. The van der Waals surface area contributed by atoms with E-state index in [1.807, 2.05) is 0 Å². The molecule has 2 aliphatic heterocycles. The van der Waals surface area contributed by atoms with Crippen LogP contribution in [0.15, 0.2) is 89.3 Å². The number of amides is 5. The van der Waals surface area contributed by atoms with Crippen LogP contribution in [-0.2, 0) is 27.4 Å². The third-order valence-corrected chi connectivity index (χ3v) is 9.89. The van der Waals surface area contributed by atoms with Gasteiger partial charge in [-0.2, -0.15) is 17.6 Å². The molecule has 2 fully saturated rings. The smallest absolute Gasteiger partial charge is 0.324 e. The topological polar surface area (TPSA) is 151 Å². The number of halogens is 8. The van der Waals surface area contributed by atoms with E-state index < -0.39 is 95.9 Å². The molecule has 65 heavy (non-hydrogen) atoms. The van der Waals surface area contributed by atoms with Crippen LogP contribution in [0.25, 0.3) is 11.5 Å². The molecular weight excluding hydrogens is 878 g/mol. The second kappa shape index (κ2) is 22.1. The van der Waals surface area contributed by atoms with Crippen LogP contribution in [0.4, 0.5) is 56.1 Å². The Bertz CT molecular complexity index is 2390. The highest BCUT2D eigenvalue weighted by atomic mass is 19.3. The van der Waals surface area contributed by atoms with Gasteiger partial charge in [-0.15, -0.1) is 10.2 Å². The predicted molar refractivity (Wildman–Crippen MR) is 215 cm³/mol. The lowest BCUT2D eigenvalue weighted by Crippen LogP contribution is -2.48. The van der Waals surface area contributed by atoms with Crippen molar-refractivity contribution in [2.24, 2.45) is 0 Å². The lowest BCUT2D eigenvalue weighted by Gasteiger charge is -2.33. The molecule has 344 valence electrons. The molecule has 1 aromatic heterocycles. The second-order valence-electron chi connectivity index (χ2n) is 14.1. The number of ether oxygens (including phenoxy) is 2. The fourth-order valence-electron chi connectivity index (χ4n) is 6.50. The van der Waals surface area contributed by atoms with Crippen molar-refractivity contribution >= 4 is 35.1 Å². The fraction of sp³-hybridized carbons (Fsp3) is 0.302. The number of nitrogens with zero attached hydrogens (tertiary/aromatic N) is 6. The molecule has 5 aromatic rings. The van der Waals surface area contributed by atoms with Crippen LogP contribution in [-0.4, -0.2) is 109 Å². The average molecular weight is 918 g/mol. The van der Waals surface area contributed by atoms with E-state index in [0.29, 0.717) is 64.0 Å². The summed E-state index contributed by atoms with van der Waals surface area (Å²) in [7, 11) is 0. The lowest BCUT2D eigenvalue weighted by molar-refractivity contribution is -0.131. The van der Waals surface area contributed by atoms with Crippen LogP contribution >= 0.6 is 0 Å². The molecule has 0 saturated carbocycles. The van der Waals surface area contributed by atoms with Gasteiger partial charge >= 0.3 is 24.9 Å². The largest absolute Gasteiger partial charge is 0.415 e. The molecule has 4 aromatic carbocycles. The number of ketones is 1. The van der Waals surface area contributed by atoms with Gasteiger partial charge in [0.05, 0.1) is 46.1 Å². The van der Waals surface area contributed by atoms with Gasteiger partial charge in [0.1, 0.15) is 23.3 Å². The zero-order valence-corrected chi connectivity index (χ0v) is 34.1. The summed E-state index contributed by atoms with van der Waals surface area (Å²) in [4.78, 5) is 54.8. The monoisotopic (exact) mass is 917 g/mol. The molecule has 22 heteroatoms. The summed E-state index contributed by atoms with van der Waals surface area (Å²) < 4.78 is 124. The molecular formula is C43H39F8N7O7. The minimum atomic E-state index is -3.32. The number of hydrogen-bond acceptors (Lipinski definition) is 9. The van der Waals surface area contributed by atoms with Crippen LogP contribution in [0.3, 0.4) is 0 Å². The number of aromatic nitrogens is 2. The highest BCUT2D eigenvalue weighted by Crippen LogP contribution is 2.29. The van der Waals surface area contributed by atoms with Crippen molar-refractivity contribution in [2.45, 2.75) is 25.9 Å². The summed E-state index contributed by atoms with van der Waals surface area (Å²) in [6, 6.07) is 19.3. The van der Waals surface area contributed by atoms with Crippen LogP contribution in [0.5, 0.6) is 0 Å². The van der Waals surface area contributed by atoms with Gasteiger partial charge in [-0.1, -0.05) is 36.4 Å². The van der Waals surface area contributed by atoms with Gasteiger partial charge in [0.2, 0.25) is 5.89 Å². The molecule has 5 amide bonds. The Labute approximate surface area is 365 Å². The first-order chi connectivity index (χ1) is 31.2. The highest BCUT2D eigenvalue weighted by Gasteiger charge is 2.29. The van der Waals surface area contributed by atoms with Crippen molar-refractivity contribution in [3.05, 3.63) is 131 Å². The normalized spacial score (nSPS) is 13.9. The van der Waals surface area contributed by atoms with Gasteiger partial charge in [0, 0.05) is 59.8 Å². The number of anilines is 2. The summed E-state index contributed by atoms with van der Waals surface area (Å²) in [6.45, 7) is 1.12. The highest BCUT2D eigenvalue weighted by molar-refractivity contribution is 5.99. The van der Waals surface area contributed by atoms with Crippen molar-refractivity contribution in [3.8, 4) is 11.5 Å². The summed E-state index contributed by atoms with van der Waals surface area (Å²) >= 11 is 0. The minimum Gasteiger partial charge on any atom is -0.415 e. The summed E-state index contributed by atoms with van der Waals surface area (Å²) in [5.74, 6) is -8.13. The lowest BCUT2D eigenvalue weighted by atomic mass is 10.1. The number of rotatable bonds is 12. The van der Waals surface area contributed by atoms with Crippen LogP contribution in [0, 0.1) is 23.3 Å². The number of para-hydroxylation sites is 2. The van der Waals surface area contributed by atoms with Gasteiger partial charge in [-0.05, 0) is 48.5 Å². The van der Waals surface area contributed by atoms with Gasteiger partial charge < -0.3 is 29.0 Å². The Morgan fingerprint density at radius 3 is 1.46 bits per heavy atom. The number of benzene rings is 4. The zero-order valence-electron chi connectivity index (χ0n) is 34.1. The number of morpholine rings is 2. The number of nitrogens with one attached hydrogen (secondary N) is 1. The molecule has 0 atom stereocenters. The number of hydrogen-bond donors (Lipinski definition) is 1. The second-order valence-corrected chi connectivity index (χ2v) is 14.1. The maximum Gasteiger partial charge on any atom is 0.324 e. The quantitative estimate of drug-likeness (QED) is 0.0998. The molecule has 3 heterocycles. The van der Waals surface area contributed by atoms with Crippen LogP contribution in [0.2, 0.25) is 0 Å². The number of Topliss-reactive ketones (excluding diaryl/α,β-unsaturated/α-hetero) is 1. The molecule has 2 aliphatic rings. The van der Waals surface area contributed by atoms with Gasteiger partial charge in [-0.3, -0.25) is 19.4 Å². The summed E-state index contributed by atoms with van der Waals surface area (Å²) in [6.07, 6.45) is -6.32. The molecule has 0 aliphatic carbocycles. The number of alkyl halides is 4. The van der Waals surface area contributed by atoms with Gasteiger partial charge in [-0.25, -0.2) is 27.2 Å². The van der Waals surface area contributed by atoms with Crippen molar-refractivity contribution in [1.82, 2.24) is 25.3 Å². The maximum atomic E-state index is 14.9. The summed E-state index contributed by atoms with van der Waals surface area (Å²) in [5, 5.41) is 8.25. The Morgan fingerprint density at radius 1 is 0.631 bits per heavy atom. The van der Waals surface area contributed by atoms with E-state index >= 15 is 0 Å². The Kier molecular flexibility index (Phi) is 16.2. The molecule has 14 nitrogen and oxygen atoms in total. The molecule has 2 saturated heterocycles. The van der Waals surface area contributed by atoms with E-state index in [0.717, 1.165) is 24.3 Å². The first-order valence-electron chi connectivity index (χ1n) is 19.8. The first kappa shape index (κ1) is 47.5. The van der Waals surface area contributed by atoms with E-state index in [2.05, 4.69) is 10.2 Å². The number of carbonyl (C=O) groups excluding carboxylic acids is 4. The van der Waals surface area contributed by atoms with E-state index in [1.165, 1.54) is 14.7 Å². The first-order valence-corrected chi connectivity index (χ1v) is 19.8. The van der Waals surface area contributed by atoms with E-state index in [-0.39, 0.29) is 17.7 Å². The van der Waals surface area contributed by atoms with Gasteiger partial charge in [0.25, 0.3) is 11.8 Å². The number of carbonyl (C=O) groups is 4. The fourth-order valence-corrected chi connectivity index (χ4v) is 6.50. The Morgan fingerprint density at radius 2 is 1.06 bits per heavy atom. The van der Waals surface area contributed by atoms with Crippen LogP contribution < -0.4 is 15.1 Å². The van der Waals surface area contributed by atoms with Crippen molar-refractivity contribution in [1.29, 1.82) is 0 Å². The molecule has 0 bridgehead atoms. The third-order valence-electron chi connectivity index (χ3n) is 9.89. The molecule has 0 unspecified atom stereocenters. The van der Waals surface area contributed by atoms with E-state index in [1.54, 1.807) is 70.9 Å². The predicted octanol–water partition coefficient (Wildman–Crippen LogP) is 7.40. The minimum absolute atomic E-state index is 0.186. The standard InChI is InChI=1S/C22H21F4N3O4.C21H18F4N4O3/c23-17-10-14(19(30)12-27-21(31)20(25)26)11-18(24)16(17)13-29(15-4-2-1-3-5-15)22(32)28-6-8-33-9-7-28;22-16-10-13(19-26-27-20(32-19)18(24)25)11-17(23)15(16)12-29(14-4-2-1-3-5-14)21(30)28-6-8-31-9-7-28/h1-5,10-11,20H,6-9,12-13H2,(H,27,31);1-5,10-11,18H,6-9,12H2. The van der Waals surface area contributed by atoms with Crippen molar-refractivity contribution < 1.29 is 68.2 Å². The molecule has 0 spiro atoms. The Hall–Kier alpha value is -6.94. The van der Waals surface area contributed by atoms with E-state index in [9.17, 15) is 54.3 Å². The number of urea groups is 2. The molecule has 7 rings (SSSR count). The molecule has 0 radical (unpaired) electrons. The SMILES string of the molecule is O=C(CNC(=O)C(F)F)c1cc(F)c(CN(C(=O)N2CCOCC2)c2ccccc2)c(F)c1.O=C(N1CCOCC1)N(Cc1c(F)cc(-c2nnc(C(F)F)o2)cc1F)c1ccccc1. The van der Waals surface area contributed by atoms with Crippen molar-refractivity contribution in [2.75, 3.05) is 69.0 Å².